The quantitative estimate of drug-likeness (QED) is 0.566. The molecule has 3 aromatic carbocycles. The summed E-state index contributed by atoms with van der Waals surface area (Å²) in [5.74, 6) is -1.34. The van der Waals surface area contributed by atoms with Crippen molar-refractivity contribution in [2.24, 2.45) is 0 Å². The minimum absolute atomic E-state index is 0.0319. The molecule has 0 aliphatic carbocycles. The number of anilines is 2. The van der Waals surface area contributed by atoms with Crippen LogP contribution < -0.4 is 9.21 Å². The molecular weight excluding hydrogens is 441 g/mol. The molecule has 9 heteroatoms. The van der Waals surface area contributed by atoms with Gasteiger partial charge in [-0.25, -0.2) is 12.8 Å². The van der Waals surface area contributed by atoms with Gasteiger partial charge >= 0.3 is 0 Å². The molecule has 0 heterocycles. The second-order valence-corrected chi connectivity index (χ2v) is 9.02. The minimum Gasteiger partial charge on any atom is -0.309 e. The zero-order valence-corrected chi connectivity index (χ0v) is 18.2. The van der Waals surface area contributed by atoms with Gasteiger partial charge in [0.1, 0.15) is 5.82 Å². The lowest BCUT2D eigenvalue weighted by atomic mass is 10.1. The number of nitriles is 1. The first-order valence-corrected chi connectivity index (χ1v) is 10.8. The molecule has 1 amide bonds. The molecule has 0 aliphatic heterocycles. The maximum Gasteiger partial charge on any atom is 0.264 e. The smallest absolute Gasteiger partial charge is 0.264 e. The van der Waals surface area contributed by atoms with Gasteiger partial charge in [-0.15, -0.1) is 0 Å². The highest BCUT2D eigenvalue weighted by atomic mass is 35.5. The predicted molar refractivity (Wildman–Crippen MR) is 117 cm³/mol. The van der Waals surface area contributed by atoms with Gasteiger partial charge in [-0.1, -0.05) is 17.7 Å². The largest absolute Gasteiger partial charge is 0.309 e. The first-order chi connectivity index (χ1) is 14.6. The van der Waals surface area contributed by atoms with Crippen LogP contribution in [0, 0.1) is 17.1 Å². The van der Waals surface area contributed by atoms with Crippen molar-refractivity contribution in [1.82, 2.24) is 0 Å². The first kappa shape index (κ1) is 22.3. The molecule has 0 bridgehead atoms. The van der Waals surface area contributed by atoms with E-state index in [2.05, 4.69) is 0 Å². The van der Waals surface area contributed by atoms with E-state index in [9.17, 15) is 17.6 Å². The normalized spacial score (nSPS) is 10.9. The van der Waals surface area contributed by atoms with Crippen LogP contribution in [-0.2, 0) is 10.0 Å². The average Bonchev–Trinajstić information content (AvgIpc) is 2.78. The van der Waals surface area contributed by atoms with Crippen LogP contribution in [-0.4, -0.2) is 28.4 Å². The van der Waals surface area contributed by atoms with Gasteiger partial charge in [0.2, 0.25) is 0 Å². The zero-order chi connectivity index (χ0) is 22.8. The van der Waals surface area contributed by atoms with Crippen molar-refractivity contribution >= 4 is 38.9 Å². The summed E-state index contributed by atoms with van der Waals surface area (Å²) in [7, 11) is -1.20. The first-order valence-electron chi connectivity index (χ1n) is 8.97. The Bertz CT molecular complexity index is 1290. The molecule has 3 aromatic rings. The van der Waals surface area contributed by atoms with Crippen molar-refractivity contribution in [3.05, 3.63) is 88.7 Å². The number of rotatable bonds is 5. The molecule has 158 valence electrons. The molecule has 0 aromatic heterocycles. The van der Waals surface area contributed by atoms with Crippen LogP contribution in [0.5, 0.6) is 0 Å². The molecule has 0 aliphatic rings. The standard InChI is InChI=1S/C22H17ClFN3O3S/c1-26(21-11-6-15(14-25)12-20(21)24)22(28)16-4-3-5-19(13-16)31(29,30)27(2)18-9-7-17(23)8-10-18/h3-13H,1-2H3. The highest BCUT2D eigenvalue weighted by Crippen LogP contribution is 2.26. The fraction of sp³-hybridized carbons (Fsp3) is 0.0909. The highest BCUT2D eigenvalue weighted by Gasteiger charge is 2.24. The Morgan fingerprint density at radius 1 is 1.03 bits per heavy atom. The molecule has 3 rings (SSSR count). The van der Waals surface area contributed by atoms with E-state index in [-0.39, 0.29) is 21.7 Å². The second-order valence-electron chi connectivity index (χ2n) is 6.62. The number of hydrogen-bond donors (Lipinski definition) is 0. The van der Waals surface area contributed by atoms with Gasteiger partial charge in [-0.3, -0.25) is 9.10 Å². The summed E-state index contributed by atoms with van der Waals surface area (Å²) >= 11 is 5.86. The summed E-state index contributed by atoms with van der Waals surface area (Å²) in [6.45, 7) is 0. The number of sulfonamides is 1. The van der Waals surface area contributed by atoms with Gasteiger partial charge in [0, 0.05) is 24.7 Å². The molecule has 0 saturated heterocycles. The zero-order valence-electron chi connectivity index (χ0n) is 16.6. The molecular formula is C22H17ClFN3O3S. The van der Waals surface area contributed by atoms with E-state index in [1.165, 1.54) is 50.5 Å². The number of carbonyl (C=O) groups is 1. The van der Waals surface area contributed by atoms with Crippen molar-refractivity contribution in [2.45, 2.75) is 4.90 Å². The van der Waals surface area contributed by atoms with E-state index in [1.807, 2.05) is 6.07 Å². The number of hydrogen-bond acceptors (Lipinski definition) is 4. The third-order valence-electron chi connectivity index (χ3n) is 4.67. The van der Waals surface area contributed by atoms with Gasteiger partial charge in [-0.05, 0) is 60.7 Å². The molecule has 0 radical (unpaired) electrons. The maximum atomic E-state index is 14.3. The number of benzene rings is 3. The summed E-state index contributed by atoms with van der Waals surface area (Å²) in [6.07, 6.45) is 0. The van der Waals surface area contributed by atoms with Crippen LogP contribution in [0.1, 0.15) is 15.9 Å². The van der Waals surface area contributed by atoms with Gasteiger partial charge in [0.15, 0.2) is 0 Å². The molecule has 6 nitrogen and oxygen atoms in total. The van der Waals surface area contributed by atoms with Crippen molar-refractivity contribution < 1.29 is 17.6 Å². The maximum absolute atomic E-state index is 14.3. The van der Waals surface area contributed by atoms with E-state index in [0.29, 0.717) is 10.7 Å². The molecule has 0 N–H and O–H groups in total. The number of amides is 1. The number of nitrogens with zero attached hydrogens (tertiary/aromatic N) is 3. The van der Waals surface area contributed by atoms with Crippen LogP contribution >= 0.6 is 11.6 Å². The van der Waals surface area contributed by atoms with Crippen LogP contribution in [0.2, 0.25) is 5.02 Å². The summed E-state index contributed by atoms with van der Waals surface area (Å²) in [5, 5.41) is 9.33. The molecule has 31 heavy (non-hydrogen) atoms. The second kappa shape index (κ2) is 8.76. The third-order valence-corrected chi connectivity index (χ3v) is 6.71. The van der Waals surface area contributed by atoms with Crippen LogP contribution in [0.4, 0.5) is 15.8 Å². The van der Waals surface area contributed by atoms with Crippen molar-refractivity contribution in [1.29, 1.82) is 5.26 Å². The molecule has 0 fully saturated rings. The lowest BCUT2D eigenvalue weighted by molar-refractivity contribution is 0.0992. The Morgan fingerprint density at radius 2 is 1.71 bits per heavy atom. The molecule has 0 spiro atoms. The molecule has 0 saturated carbocycles. The van der Waals surface area contributed by atoms with Gasteiger partial charge < -0.3 is 4.90 Å². The van der Waals surface area contributed by atoms with E-state index in [1.54, 1.807) is 24.3 Å². The van der Waals surface area contributed by atoms with Crippen molar-refractivity contribution in [3.63, 3.8) is 0 Å². The molecule has 0 atom stereocenters. The summed E-state index contributed by atoms with van der Waals surface area (Å²) in [6, 6.07) is 17.3. The Balaban J connectivity index is 1.92. The van der Waals surface area contributed by atoms with Crippen LogP contribution in [0.3, 0.4) is 0 Å². The third kappa shape index (κ3) is 4.53. The summed E-state index contributed by atoms with van der Waals surface area (Å²) < 4.78 is 41.4. The lowest BCUT2D eigenvalue weighted by Gasteiger charge is -2.21. The van der Waals surface area contributed by atoms with E-state index < -0.39 is 21.7 Å². The fourth-order valence-electron chi connectivity index (χ4n) is 2.89. The average molecular weight is 458 g/mol. The topological polar surface area (TPSA) is 81.5 Å². The van der Waals surface area contributed by atoms with Crippen LogP contribution in [0.15, 0.2) is 71.6 Å². The summed E-state index contributed by atoms with van der Waals surface area (Å²) in [5.41, 5.74) is 0.561. The van der Waals surface area contributed by atoms with Gasteiger partial charge in [-0.2, -0.15) is 5.26 Å². The fourth-order valence-corrected chi connectivity index (χ4v) is 4.26. The molecule has 0 unspecified atom stereocenters. The lowest BCUT2D eigenvalue weighted by Crippen LogP contribution is -2.29. The van der Waals surface area contributed by atoms with Crippen molar-refractivity contribution in [3.8, 4) is 6.07 Å². The van der Waals surface area contributed by atoms with Gasteiger partial charge in [0.05, 0.1) is 27.9 Å². The highest BCUT2D eigenvalue weighted by molar-refractivity contribution is 7.92. The Kier molecular flexibility index (Phi) is 6.29. The Labute approximate surface area is 184 Å². The van der Waals surface area contributed by atoms with Crippen molar-refractivity contribution in [2.75, 3.05) is 23.3 Å². The number of carbonyl (C=O) groups excluding carboxylic acids is 1. The monoisotopic (exact) mass is 457 g/mol. The van der Waals surface area contributed by atoms with Gasteiger partial charge in [0.25, 0.3) is 15.9 Å². The van der Waals surface area contributed by atoms with E-state index >= 15 is 0 Å². The predicted octanol–water partition coefficient (Wildman–Crippen LogP) is 4.45. The minimum atomic E-state index is -3.96. The Morgan fingerprint density at radius 3 is 2.32 bits per heavy atom. The van der Waals surface area contributed by atoms with E-state index in [4.69, 9.17) is 16.9 Å². The SMILES string of the molecule is CN(C(=O)c1cccc(S(=O)(=O)N(C)c2ccc(Cl)cc2)c1)c1ccc(C#N)cc1F. The Hall–Kier alpha value is -3.41. The van der Waals surface area contributed by atoms with E-state index in [0.717, 1.165) is 15.3 Å². The summed E-state index contributed by atoms with van der Waals surface area (Å²) in [4.78, 5) is 13.8. The van der Waals surface area contributed by atoms with Crippen LogP contribution in [0.25, 0.3) is 0 Å². The number of halogens is 2.